The summed E-state index contributed by atoms with van der Waals surface area (Å²) in [5.74, 6) is 2.15. The number of hydrogen-bond donors (Lipinski definition) is 1. The fraction of sp³-hybridized carbons (Fsp3) is 0.200. The Hall–Kier alpha value is -3.03. The predicted octanol–water partition coefficient (Wildman–Crippen LogP) is 6.35. The molecule has 0 bridgehead atoms. The van der Waals surface area contributed by atoms with Crippen molar-refractivity contribution in [2.45, 2.75) is 18.2 Å². The minimum atomic E-state index is -0.115. The highest BCUT2D eigenvalue weighted by molar-refractivity contribution is 8.01. The molecule has 0 aliphatic heterocycles. The fourth-order valence-corrected chi connectivity index (χ4v) is 5.20. The van der Waals surface area contributed by atoms with Gasteiger partial charge in [-0.2, -0.15) is 0 Å². The van der Waals surface area contributed by atoms with Crippen molar-refractivity contribution >= 4 is 44.9 Å². The van der Waals surface area contributed by atoms with Gasteiger partial charge in [0.1, 0.15) is 0 Å². The van der Waals surface area contributed by atoms with Gasteiger partial charge in [-0.15, -0.1) is 11.3 Å². The van der Waals surface area contributed by atoms with Gasteiger partial charge in [0.15, 0.2) is 15.8 Å². The van der Waals surface area contributed by atoms with E-state index in [0.717, 1.165) is 48.6 Å². The predicted molar refractivity (Wildman–Crippen MR) is 133 cm³/mol. The Morgan fingerprint density at radius 2 is 1.88 bits per heavy atom. The number of hydrogen-bond acceptors (Lipinski definition) is 6. The molecule has 1 amide bonds. The Balaban J connectivity index is 1.35. The second-order valence-corrected chi connectivity index (χ2v) is 9.71. The van der Waals surface area contributed by atoms with Gasteiger partial charge in [0, 0.05) is 17.0 Å². The molecule has 0 spiro atoms. The maximum absolute atomic E-state index is 12.5. The number of rotatable bonds is 8. The number of amides is 1. The first-order chi connectivity index (χ1) is 15.5. The van der Waals surface area contributed by atoms with E-state index in [1.165, 1.54) is 0 Å². The van der Waals surface area contributed by atoms with Crippen LogP contribution in [0, 0.1) is 13.8 Å². The molecule has 3 aromatic carbocycles. The van der Waals surface area contributed by atoms with Crippen LogP contribution >= 0.6 is 23.1 Å². The summed E-state index contributed by atoms with van der Waals surface area (Å²) in [6.07, 6.45) is 0. The number of nitrogens with one attached hydrogen (secondary N) is 1. The third-order valence-electron chi connectivity index (χ3n) is 4.79. The molecule has 5 nitrogen and oxygen atoms in total. The van der Waals surface area contributed by atoms with E-state index in [2.05, 4.69) is 10.3 Å². The number of nitrogens with zero attached hydrogens (tertiary/aromatic N) is 1. The first-order valence-corrected chi connectivity index (χ1v) is 12.0. The van der Waals surface area contributed by atoms with Gasteiger partial charge in [0.2, 0.25) is 0 Å². The van der Waals surface area contributed by atoms with Gasteiger partial charge in [0.25, 0.3) is 5.91 Å². The number of aromatic nitrogens is 1. The monoisotopic (exact) mass is 464 g/mol. The summed E-state index contributed by atoms with van der Waals surface area (Å²) in [5.41, 5.74) is 4.52. The number of carbonyl (C=O) groups is 1. The van der Waals surface area contributed by atoms with Gasteiger partial charge in [0.05, 0.1) is 23.9 Å². The average molecular weight is 465 g/mol. The number of anilines is 1. The van der Waals surface area contributed by atoms with Crippen molar-refractivity contribution in [2.75, 3.05) is 24.8 Å². The van der Waals surface area contributed by atoms with Crippen molar-refractivity contribution in [1.29, 1.82) is 0 Å². The van der Waals surface area contributed by atoms with Crippen molar-refractivity contribution in [3.8, 4) is 11.5 Å². The molecule has 7 heteroatoms. The molecule has 0 atom stereocenters. The topological polar surface area (TPSA) is 60.5 Å². The Morgan fingerprint density at radius 3 is 2.69 bits per heavy atom. The van der Waals surface area contributed by atoms with E-state index in [0.29, 0.717) is 12.2 Å². The lowest BCUT2D eigenvalue weighted by Gasteiger charge is -2.10. The van der Waals surface area contributed by atoms with Gasteiger partial charge in [-0.05, 0) is 61.9 Å². The van der Waals surface area contributed by atoms with Gasteiger partial charge < -0.3 is 14.8 Å². The van der Waals surface area contributed by atoms with Crippen LogP contribution in [0.25, 0.3) is 10.2 Å². The van der Waals surface area contributed by atoms with Crippen molar-refractivity contribution in [3.63, 3.8) is 0 Å². The number of benzene rings is 3. The van der Waals surface area contributed by atoms with E-state index < -0.39 is 0 Å². The van der Waals surface area contributed by atoms with Crippen LogP contribution in [-0.4, -0.2) is 30.4 Å². The number of ether oxygens (including phenoxy) is 2. The summed E-state index contributed by atoms with van der Waals surface area (Å²) >= 11 is 3.27. The van der Waals surface area contributed by atoms with Gasteiger partial charge in [-0.1, -0.05) is 35.5 Å². The second kappa shape index (κ2) is 10.1. The number of carbonyl (C=O) groups excluding carboxylic acids is 1. The standard InChI is InChI=1S/C25H24N2O3S2/c1-16-5-4-6-18(13-16)24(28)26-19-8-9-20-23(15-19)32-25(27-20)31-12-11-30-21-10-7-17(2)14-22(21)29-3/h4-10,13-15H,11-12H2,1-3H3,(H,26,28). The van der Waals surface area contributed by atoms with Gasteiger partial charge in [-0.3, -0.25) is 4.79 Å². The van der Waals surface area contributed by atoms with Crippen LogP contribution in [-0.2, 0) is 0 Å². The lowest BCUT2D eigenvalue weighted by Crippen LogP contribution is -2.11. The molecular formula is C25H24N2O3S2. The first kappa shape index (κ1) is 22.2. The van der Waals surface area contributed by atoms with E-state index in [4.69, 9.17) is 9.47 Å². The van der Waals surface area contributed by atoms with Crippen LogP contribution in [0.15, 0.2) is 65.0 Å². The summed E-state index contributed by atoms with van der Waals surface area (Å²) in [4.78, 5) is 17.2. The molecule has 4 rings (SSSR count). The maximum Gasteiger partial charge on any atom is 0.255 e. The molecule has 0 saturated heterocycles. The quantitative estimate of drug-likeness (QED) is 0.243. The van der Waals surface area contributed by atoms with Gasteiger partial charge >= 0.3 is 0 Å². The maximum atomic E-state index is 12.5. The first-order valence-electron chi connectivity index (χ1n) is 10.2. The molecule has 0 aliphatic rings. The number of methoxy groups -OCH3 is 1. The van der Waals surface area contributed by atoms with Gasteiger partial charge in [-0.25, -0.2) is 4.98 Å². The summed E-state index contributed by atoms with van der Waals surface area (Å²) in [6.45, 7) is 4.55. The largest absolute Gasteiger partial charge is 0.493 e. The van der Waals surface area contributed by atoms with Crippen LogP contribution in [0.4, 0.5) is 5.69 Å². The number of thiazole rings is 1. The molecule has 0 aliphatic carbocycles. The van der Waals surface area contributed by atoms with E-state index >= 15 is 0 Å². The second-order valence-electron chi connectivity index (χ2n) is 7.34. The molecule has 1 N–H and O–H groups in total. The third kappa shape index (κ3) is 5.41. The van der Waals surface area contributed by atoms with E-state index in [9.17, 15) is 4.79 Å². The Morgan fingerprint density at radius 1 is 1.03 bits per heavy atom. The van der Waals surface area contributed by atoms with Crippen molar-refractivity contribution in [3.05, 3.63) is 77.4 Å². The summed E-state index contributed by atoms with van der Waals surface area (Å²) in [5, 5.41) is 2.97. The molecule has 1 aromatic heterocycles. The summed E-state index contributed by atoms with van der Waals surface area (Å²) in [6, 6.07) is 19.3. The van der Waals surface area contributed by atoms with Crippen molar-refractivity contribution < 1.29 is 14.3 Å². The third-order valence-corrected chi connectivity index (χ3v) is 6.92. The van der Waals surface area contributed by atoms with Crippen LogP contribution in [0.5, 0.6) is 11.5 Å². The summed E-state index contributed by atoms with van der Waals surface area (Å²) in [7, 11) is 1.65. The highest BCUT2D eigenvalue weighted by Gasteiger charge is 2.10. The van der Waals surface area contributed by atoms with E-state index in [1.807, 2.05) is 74.5 Å². The van der Waals surface area contributed by atoms with Crippen molar-refractivity contribution in [1.82, 2.24) is 4.98 Å². The molecule has 1 heterocycles. The number of aryl methyl sites for hydroxylation is 2. The average Bonchev–Trinajstić information content (AvgIpc) is 3.19. The molecule has 0 fully saturated rings. The molecule has 0 saturated carbocycles. The fourth-order valence-electron chi connectivity index (χ4n) is 3.21. The Labute approximate surface area is 195 Å². The lowest BCUT2D eigenvalue weighted by atomic mass is 10.1. The Bertz CT molecular complexity index is 1250. The molecule has 0 radical (unpaired) electrons. The number of thioether (sulfide) groups is 1. The molecule has 32 heavy (non-hydrogen) atoms. The van der Waals surface area contributed by atoms with Crippen LogP contribution < -0.4 is 14.8 Å². The minimum Gasteiger partial charge on any atom is -0.493 e. The molecule has 0 unspecified atom stereocenters. The zero-order chi connectivity index (χ0) is 22.5. The van der Waals surface area contributed by atoms with Crippen LogP contribution in [0.3, 0.4) is 0 Å². The molecule has 164 valence electrons. The lowest BCUT2D eigenvalue weighted by molar-refractivity contribution is 0.102. The van der Waals surface area contributed by atoms with E-state index in [-0.39, 0.29) is 5.91 Å². The van der Waals surface area contributed by atoms with Crippen LogP contribution in [0.1, 0.15) is 21.5 Å². The number of fused-ring (bicyclic) bond motifs is 1. The molecule has 4 aromatic rings. The Kier molecular flexibility index (Phi) is 6.97. The van der Waals surface area contributed by atoms with Crippen LogP contribution in [0.2, 0.25) is 0 Å². The zero-order valence-electron chi connectivity index (χ0n) is 18.2. The normalized spacial score (nSPS) is 10.8. The summed E-state index contributed by atoms with van der Waals surface area (Å²) < 4.78 is 13.3. The smallest absolute Gasteiger partial charge is 0.255 e. The highest BCUT2D eigenvalue weighted by Crippen LogP contribution is 2.32. The zero-order valence-corrected chi connectivity index (χ0v) is 19.8. The SMILES string of the molecule is COc1cc(C)ccc1OCCSc1nc2ccc(NC(=O)c3cccc(C)c3)cc2s1. The minimum absolute atomic E-state index is 0.115. The molecular weight excluding hydrogens is 440 g/mol. The van der Waals surface area contributed by atoms with E-state index in [1.54, 1.807) is 30.2 Å². The van der Waals surface area contributed by atoms with Crippen molar-refractivity contribution in [2.24, 2.45) is 0 Å². The highest BCUT2D eigenvalue weighted by atomic mass is 32.2.